The second kappa shape index (κ2) is 6.55. The summed E-state index contributed by atoms with van der Waals surface area (Å²) in [4.78, 5) is 13.3. The Bertz CT molecular complexity index is 380. The standard InChI is InChI=1S/C15H21NO2/c1-13-5-7-14(8-6-13)15(17)18-12-11-16-9-3-2-4-10-16/h5-8H,2-4,9-12H2,1H3/p+1. The zero-order valence-corrected chi connectivity index (χ0v) is 11.1. The van der Waals surface area contributed by atoms with E-state index in [1.165, 1.54) is 32.4 Å². The topological polar surface area (TPSA) is 30.7 Å². The van der Waals surface area contributed by atoms with Crippen molar-refractivity contribution in [2.45, 2.75) is 26.2 Å². The highest BCUT2D eigenvalue weighted by atomic mass is 16.5. The molecule has 0 atom stereocenters. The van der Waals surface area contributed by atoms with Gasteiger partial charge in [0.05, 0.1) is 18.7 Å². The Hall–Kier alpha value is -1.35. The van der Waals surface area contributed by atoms with Crippen LogP contribution in [0.3, 0.4) is 0 Å². The number of carbonyl (C=O) groups excluding carboxylic acids is 1. The Morgan fingerprint density at radius 2 is 1.83 bits per heavy atom. The lowest BCUT2D eigenvalue weighted by Crippen LogP contribution is -3.13. The quantitative estimate of drug-likeness (QED) is 0.812. The average Bonchev–Trinajstić information content (AvgIpc) is 2.40. The molecule has 0 spiro atoms. The summed E-state index contributed by atoms with van der Waals surface area (Å²) >= 11 is 0. The van der Waals surface area contributed by atoms with Crippen LogP contribution >= 0.6 is 0 Å². The molecule has 1 N–H and O–H groups in total. The molecule has 1 aromatic carbocycles. The number of ether oxygens (including phenoxy) is 1. The number of nitrogens with one attached hydrogen (secondary N) is 1. The first-order valence-electron chi connectivity index (χ1n) is 6.83. The number of rotatable bonds is 4. The lowest BCUT2D eigenvalue weighted by atomic mass is 10.1. The third-order valence-corrected chi connectivity index (χ3v) is 3.54. The van der Waals surface area contributed by atoms with Crippen LogP contribution in [0.15, 0.2) is 24.3 Å². The molecule has 3 nitrogen and oxygen atoms in total. The third kappa shape index (κ3) is 3.84. The monoisotopic (exact) mass is 248 g/mol. The van der Waals surface area contributed by atoms with Crippen LogP contribution in [0.5, 0.6) is 0 Å². The summed E-state index contributed by atoms with van der Waals surface area (Å²) in [5.74, 6) is -0.202. The van der Waals surface area contributed by atoms with Crippen LogP contribution in [0.25, 0.3) is 0 Å². The van der Waals surface area contributed by atoms with Gasteiger partial charge in [0.2, 0.25) is 0 Å². The number of piperidine rings is 1. The summed E-state index contributed by atoms with van der Waals surface area (Å²) in [6.07, 6.45) is 3.97. The number of hydrogen-bond donors (Lipinski definition) is 1. The minimum atomic E-state index is -0.202. The van der Waals surface area contributed by atoms with Crippen molar-refractivity contribution in [2.24, 2.45) is 0 Å². The van der Waals surface area contributed by atoms with E-state index in [2.05, 4.69) is 0 Å². The lowest BCUT2D eigenvalue weighted by molar-refractivity contribution is -0.905. The van der Waals surface area contributed by atoms with Crippen LogP contribution in [0.2, 0.25) is 0 Å². The van der Waals surface area contributed by atoms with Gasteiger partial charge in [-0.3, -0.25) is 0 Å². The summed E-state index contributed by atoms with van der Waals surface area (Å²) in [5.41, 5.74) is 1.80. The smallest absolute Gasteiger partial charge is 0.338 e. The Balaban J connectivity index is 1.72. The van der Waals surface area contributed by atoms with Crippen LogP contribution in [-0.4, -0.2) is 32.2 Å². The van der Waals surface area contributed by atoms with Gasteiger partial charge in [-0.1, -0.05) is 17.7 Å². The molecule has 2 rings (SSSR count). The Morgan fingerprint density at radius 1 is 1.17 bits per heavy atom. The molecule has 0 aromatic heterocycles. The molecule has 3 heteroatoms. The number of quaternary nitrogens is 1. The fraction of sp³-hybridized carbons (Fsp3) is 0.533. The van der Waals surface area contributed by atoms with E-state index < -0.39 is 0 Å². The maximum atomic E-state index is 11.8. The van der Waals surface area contributed by atoms with Crippen LogP contribution in [0.1, 0.15) is 35.2 Å². The van der Waals surface area contributed by atoms with Gasteiger partial charge < -0.3 is 9.64 Å². The van der Waals surface area contributed by atoms with Gasteiger partial charge in [0.1, 0.15) is 13.2 Å². The molecule has 0 aliphatic carbocycles. The minimum Gasteiger partial charge on any atom is -0.456 e. The molecular weight excluding hydrogens is 226 g/mol. The van der Waals surface area contributed by atoms with Crippen molar-refractivity contribution in [1.82, 2.24) is 0 Å². The second-order valence-electron chi connectivity index (χ2n) is 5.06. The normalized spacial score (nSPS) is 16.5. The van der Waals surface area contributed by atoms with E-state index in [9.17, 15) is 4.79 Å². The molecule has 1 heterocycles. The van der Waals surface area contributed by atoms with Crippen LogP contribution in [0.4, 0.5) is 0 Å². The molecule has 0 amide bonds. The van der Waals surface area contributed by atoms with Crippen molar-refractivity contribution in [3.8, 4) is 0 Å². The van der Waals surface area contributed by atoms with Gasteiger partial charge in [-0.2, -0.15) is 0 Å². The van der Waals surface area contributed by atoms with Crippen molar-refractivity contribution in [1.29, 1.82) is 0 Å². The molecule has 1 aliphatic heterocycles. The van der Waals surface area contributed by atoms with Gasteiger partial charge in [-0.15, -0.1) is 0 Å². The van der Waals surface area contributed by atoms with Gasteiger partial charge in [0.15, 0.2) is 0 Å². The van der Waals surface area contributed by atoms with Crippen molar-refractivity contribution < 1.29 is 14.4 Å². The predicted molar refractivity (Wildman–Crippen MR) is 70.9 cm³/mol. The predicted octanol–water partition coefficient (Wildman–Crippen LogP) is 1.22. The molecule has 0 bridgehead atoms. The highest BCUT2D eigenvalue weighted by Gasteiger charge is 2.14. The molecule has 0 unspecified atom stereocenters. The van der Waals surface area contributed by atoms with E-state index >= 15 is 0 Å². The first-order chi connectivity index (χ1) is 8.75. The first kappa shape index (κ1) is 13.1. The molecular formula is C15H22NO2+. The van der Waals surface area contributed by atoms with E-state index in [-0.39, 0.29) is 5.97 Å². The van der Waals surface area contributed by atoms with E-state index in [4.69, 9.17) is 4.74 Å². The molecule has 0 saturated carbocycles. The van der Waals surface area contributed by atoms with Crippen molar-refractivity contribution in [2.75, 3.05) is 26.2 Å². The number of carbonyl (C=O) groups is 1. The van der Waals surface area contributed by atoms with Crippen molar-refractivity contribution in [3.05, 3.63) is 35.4 Å². The highest BCUT2D eigenvalue weighted by molar-refractivity contribution is 5.89. The summed E-state index contributed by atoms with van der Waals surface area (Å²) < 4.78 is 5.31. The van der Waals surface area contributed by atoms with Gasteiger partial charge in [0, 0.05) is 0 Å². The Kier molecular flexibility index (Phi) is 4.76. The van der Waals surface area contributed by atoms with Crippen molar-refractivity contribution >= 4 is 5.97 Å². The summed E-state index contributed by atoms with van der Waals surface area (Å²) in [6, 6.07) is 7.52. The third-order valence-electron chi connectivity index (χ3n) is 3.54. The van der Waals surface area contributed by atoms with E-state index in [1.54, 1.807) is 4.90 Å². The number of esters is 1. The van der Waals surface area contributed by atoms with Gasteiger partial charge >= 0.3 is 5.97 Å². The lowest BCUT2D eigenvalue weighted by Gasteiger charge is -2.23. The SMILES string of the molecule is Cc1ccc(C(=O)OCC[NH+]2CCCCC2)cc1. The zero-order chi connectivity index (χ0) is 12.8. The summed E-state index contributed by atoms with van der Waals surface area (Å²) in [7, 11) is 0. The molecule has 1 saturated heterocycles. The number of aryl methyl sites for hydroxylation is 1. The molecule has 18 heavy (non-hydrogen) atoms. The van der Waals surface area contributed by atoms with Gasteiger partial charge in [-0.25, -0.2) is 4.79 Å². The average molecular weight is 248 g/mol. The minimum absolute atomic E-state index is 0.202. The van der Waals surface area contributed by atoms with E-state index in [1.807, 2.05) is 31.2 Å². The molecule has 1 aliphatic rings. The van der Waals surface area contributed by atoms with Crippen LogP contribution < -0.4 is 4.90 Å². The fourth-order valence-corrected chi connectivity index (χ4v) is 2.36. The maximum absolute atomic E-state index is 11.8. The van der Waals surface area contributed by atoms with Gasteiger partial charge in [0.25, 0.3) is 0 Å². The number of likely N-dealkylation sites (tertiary alicyclic amines) is 1. The fourth-order valence-electron chi connectivity index (χ4n) is 2.36. The second-order valence-corrected chi connectivity index (χ2v) is 5.06. The van der Waals surface area contributed by atoms with Crippen LogP contribution in [-0.2, 0) is 4.74 Å². The highest BCUT2D eigenvalue weighted by Crippen LogP contribution is 2.04. The van der Waals surface area contributed by atoms with E-state index in [0.717, 1.165) is 12.1 Å². The number of hydrogen-bond acceptors (Lipinski definition) is 2. The Morgan fingerprint density at radius 3 is 2.50 bits per heavy atom. The molecule has 1 aromatic rings. The largest absolute Gasteiger partial charge is 0.456 e. The zero-order valence-electron chi connectivity index (χ0n) is 11.1. The molecule has 0 radical (unpaired) electrons. The molecule has 1 fully saturated rings. The Labute approximate surface area is 109 Å². The van der Waals surface area contributed by atoms with Gasteiger partial charge in [-0.05, 0) is 38.3 Å². The summed E-state index contributed by atoms with van der Waals surface area (Å²) in [5, 5.41) is 0. The van der Waals surface area contributed by atoms with Crippen LogP contribution in [0, 0.1) is 6.92 Å². The first-order valence-corrected chi connectivity index (χ1v) is 6.83. The van der Waals surface area contributed by atoms with E-state index in [0.29, 0.717) is 12.2 Å². The summed E-state index contributed by atoms with van der Waals surface area (Å²) in [6.45, 7) is 5.93. The molecule has 98 valence electrons. The maximum Gasteiger partial charge on any atom is 0.338 e. The number of benzene rings is 1. The van der Waals surface area contributed by atoms with Crippen molar-refractivity contribution in [3.63, 3.8) is 0 Å².